The average molecular weight is 270 g/mol. The molecule has 2 N–H and O–H groups in total. The summed E-state index contributed by atoms with van der Waals surface area (Å²) in [4.78, 5) is 4.29. The van der Waals surface area contributed by atoms with Crippen LogP contribution in [0.4, 0.5) is 0 Å². The van der Waals surface area contributed by atoms with Crippen LogP contribution in [-0.4, -0.2) is 4.98 Å². The van der Waals surface area contributed by atoms with Crippen LogP contribution in [0.15, 0.2) is 36.5 Å². The van der Waals surface area contributed by atoms with Crippen LogP contribution >= 0.6 is 0 Å². The summed E-state index contributed by atoms with van der Waals surface area (Å²) < 4.78 is 5.83. The van der Waals surface area contributed by atoms with E-state index in [-0.39, 0.29) is 6.04 Å². The molecule has 3 nitrogen and oxygen atoms in total. The number of ether oxygens (including phenoxy) is 1. The van der Waals surface area contributed by atoms with Crippen molar-refractivity contribution in [2.45, 2.75) is 39.7 Å². The van der Waals surface area contributed by atoms with Crippen molar-refractivity contribution in [2.75, 3.05) is 0 Å². The third-order valence-corrected chi connectivity index (χ3v) is 3.32. The second-order valence-corrected chi connectivity index (χ2v) is 5.48. The van der Waals surface area contributed by atoms with Crippen molar-refractivity contribution < 1.29 is 4.74 Å². The van der Waals surface area contributed by atoms with E-state index in [4.69, 9.17) is 10.5 Å². The molecule has 20 heavy (non-hydrogen) atoms. The van der Waals surface area contributed by atoms with Gasteiger partial charge in [0.15, 0.2) is 0 Å². The molecular weight excluding hydrogens is 248 g/mol. The largest absolute Gasteiger partial charge is 0.456 e. The van der Waals surface area contributed by atoms with E-state index in [0.717, 1.165) is 17.2 Å². The third kappa shape index (κ3) is 3.36. The van der Waals surface area contributed by atoms with Crippen molar-refractivity contribution in [2.24, 2.45) is 5.73 Å². The van der Waals surface area contributed by atoms with Crippen LogP contribution in [0.5, 0.6) is 11.5 Å². The fraction of sp³-hybridized carbons (Fsp3) is 0.353. The van der Waals surface area contributed by atoms with Crippen molar-refractivity contribution in [3.05, 3.63) is 53.3 Å². The normalized spacial score (nSPS) is 12.5. The molecule has 0 spiro atoms. The number of hydrogen-bond donors (Lipinski definition) is 1. The molecule has 0 saturated heterocycles. The average Bonchev–Trinajstić information content (AvgIpc) is 2.39. The van der Waals surface area contributed by atoms with Gasteiger partial charge in [-0.25, -0.2) is 0 Å². The van der Waals surface area contributed by atoms with Gasteiger partial charge >= 0.3 is 0 Å². The fourth-order valence-electron chi connectivity index (χ4n) is 2.22. The summed E-state index contributed by atoms with van der Waals surface area (Å²) >= 11 is 0. The Morgan fingerprint density at radius 1 is 1.05 bits per heavy atom. The molecule has 2 rings (SSSR count). The Hall–Kier alpha value is -1.87. The number of rotatable bonds is 4. The summed E-state index contributed by atoms with van der Waals surface area (Å²) in [5, 5.41) is 0. The van der Waals surface area contributed by atoms with Crippen LogP contribution in [0.1, 0.15) is 49.6 Å². The number of pyridine rings is 1. The van der Waals surface area contributed by atoms with Crippen molar-refractivity contribution in [1.82, 2.24) is 4.98 Å². The van der Waals surface area contributed by atoms with E-state index in [0.29, 0.717) is 5.92 Å². The molecule has 0 aliphatic rings. The lowest BCUT2D eigenvalue weighted by atomic mass is 9.98. The first kappa shape index (κ1) is 14.5. The number of aryl methyl sites for hydroxylation is 1. The molecule has 0 aliphatic heterocycles. The Balaban J connectivity index is 2.15. The summed E-state index contributed by atoms with van der Waals surface area (Å²) in [6.45, 7) is 8.41. The number of nitrogens with two attached hydrogens (primary N) is 1. The van der Waals surface area contributed by atoms with Crippen molar-refractivity contribution >= 4 is 0 Å². The molecule has 1 atom stereocenters. The Morgan fingerprint density at radius 3 is 2.25 bits per heavy atom. The van der Waals surface area contributed by atoms with E-state index >= 15 is 0 Å². The van der Waals surface area contributed by atoms with Gasteiger partial charge in [0.2, 0.25) is 0 Å². The van der Waals surface area contributed by atoms with E-state index in [1.54, 1.807) is 6.20 Å². The van der Waals surface area contributed by atoms with E-state index in [2.05, 4.69) is 37.9 Å². The van der Waals surface area contributed by atoms with Gasteiger partial charge in [0.1, 0.15) is 11.5 Å². The maximum Gasteiger partial charge on any atom is 0.145 e. The first-order valence-electron chi connectivity index (χ1n) is 6.97. The molecule has 0 fully saturated rings. The molecule has 1 heterocycles. The van der Waals surface area contributed by atoms with Gasteiger partial charge in [-0.3, -0.25) is 4.98 Å². The Bertz CT molecular complexity index is 574. The Labute approximate surface area is 120 Å². The molecule has 1 unspecified atom stereocenters. The topological polar surface area (TPSA) is 48.1 Å². The summed E-state index contributed by atoms with van der Waals surface area (Å²) in [5.41, 5.74) is 9.24. The molecule has 0 aliphatic carbocycles. The summed E-state index contributed by atoms with van der Waals surface area (Å²) in [6.07, 6.45) is 1.71. The molecule has 0 amide bonds. The highest BCUT2D eigenvalue weighted by molar-refractivity contribution is 5.38. The fourth-order valence-corrected chi connectivity index (χ4v) is 2.22. The zero-order valence-electron chi connectivity index (χ0n) is 12.6. The number of benzene rings is 1. The molecule has 1 aromatic carbocycles. The summed E-state index contributed by atoms with van der Waals surface area (Å²) in [5.74, 6) is 2.09. The van der Waals surface area contributed by atoms with E-state index in [9.17, 15) is 0 Å². The number of hydrogen-bond acceptors (Lipinski definition) is 3. The lowest BCUT2D eigenvalue weighted by molar-refractivity contribution is 0.478. The molecule has 106 valence electrons. The third-order valence-electron chi connectivity index (χ3n) is 3.32. The zero-order valence-corrected chi connectivity index (χ0v) is 12.6. The van der Waals surface area contributed by atoms with Crippen molar-refractivity contribution in [3.63, 3.8) is 0 Å². The highest BCUT2D eigenvalue weighted by atomic mass is 16.5. The summed E-state index contributed by atoms with van der Waals surface area (Å²) in [7, 11) is 0. The monoisotopic (exact) mass is 270 g/mol. The predicted octanol–water partition coefficient (Wildman–Crippen LogP) is 4.33. The molecule has 1 aromatic heterocycles. The van der Waals surface area contributed by atoms with E-state index < -0.39 is 0 Å². The molecule has 3 heteroatoms. The van der Waals surface area contributed by atoms with Gasteiger partial charge in [0.25, 0.3) is 0 Å². The van der Waals surface area contributed by atoms with E-state index in [1.165, 1.54) is 11.1 Å². The van der Waals surface area contributed by atoms with Crippen molar-refractivity contribution in [1.29, 1.82) is 0 Å². The van der Waals surface area contributed by atoms with Gasteiger partial charge < -0.3 is 10.5 Å². The zero-order chi connectivity index (χ0) is 14.7. The molecule has 0 saturated carbocycles. The molecule has 0 radical (unpaired) electrons. The van der Waals surface area contributed by atoms with Gasteiger partial charge in [0, 0.05) is 6.04 Å². The minimum Gasteiger partial charge on any atom is -0.456 e. The van der Waals surface area contributed by atoms with Crippen LogP contribution in [0, 0.1) is 6.92 Å². The van der Waals surface area contributed by atoms with Crippen LogP contribution in [-0.2, 0) is 0 Å². The maximum absolute atomic E-state index is 5.83. The molecular formula is C17H22N2O. The summed E-state index contributed by atoms with van der Waals surface area (Å²) in [6, 6.07) is 9.93. The molecule has 0 bridgehead atoms. The van der Waals surface area contributed by atoms with Gasteiger partial charge in [-0.05, 0) is 55.2 Å². The smallest absolute Gasteiger partial charge is 0.145 e. The van der Waals surface area contributed by atoms with Gasteiger partial charge in [-0.1, -0.05) is 19.9 Å². The quantitative estimate of drug-likeness (QED) is 0.899. The second-order valence-electron chi connectivity index (χ2n) is 5.48. The van der Waals surface area contributed by atoms with Crippen LogP contribution in [0.2, 0.25) is 0 Å². The predicted molar refractivity (Wildman–Crippen MR) is 82.2 cm³/mol. The molecule has 2 aromatic rings. The lowest BCUT2D eigenvalue weighted by Crippen LogP contribution is -2.06. The van der Waals surface area contributed by atoms with E-state index in [1.807, 2.05) is 25.1 Å². The second kappa shape index (κ2) is 6.06. The van der Waals surface area contributed by atoms with Gasteiger partial charge in [0.05, 0.1) is 11.9 Å². The number of aromatic nitrogens is 1. The van der Waals surface area contributed by atoms with Crippen LogP contribution in [0.25, 0.3) is 0 Å². The maximum atomic E-state index is 5.83. The Morgan fingerprint density at radius 2 is 1.75 bits per heavy atom. The minimum absolute atomic E-state index is 0.0587. The first-order valence-corrected chi connectivity index (χ1v) is 6.97. The highest BCUT2D eigenvalue weighted by Gasteiger charge is 2.06. The Kier molecular flexibility index (Phi) is 4.40. The van der Waals surface area contributed by atoms with Gasteiger partial charge in [-0.2, -0.15) is 0 Å². The minimum atomic E-state index is -0.0587. The lowest BCUT2D eigenvalue weighted by Gasteiger charge is -2.12. The van der Waals surface area contributed by atoms with Gasteiger partial charge in [-0.15, -0.1) is 0 Å². The highest BCUT2D eigenvalue weighted by Crippen LogP contribution is 2.27. The van der Waals surface area contributed by atoms with Crippen LogP contribution in [0.3, 0.4) is 0 Å². The van der Waals surface area contributed by atoms with Crippen molar-refractivity contribution in [3.8, 4) is 11.5 Å². The number of nitrogens with zero attached hydrogens (tertiary/aromatic N) is 1. The van der Waals surface area contributed by atoms with Crippen LogP contribution < -0.4 is 10.5 Å². The SMILES string of the molecule is Cc1cc(Oc2ccc(C(C)N)nc2)ccc1C(C)C. The first-order chi connectivity index (χ1) is 9.47. The standard InChI is InChI=1S/C17H22N2O/c1-11(2)16-7-5-14(9-12(16)3)20-15-6-8-17(13(4)18)19-10-15/h5-11,13H,18H2,1-4H3.